The summed E-state index contributed by atoms with van der Waals surface area (Å²) >= 11 is 0. The maximum absolute atomic E-state index is 13.5. The second-order valence-corrected chi connectivity index (χ2v) is 4.88. The van der Waals surface area contributed by atoms with Crippen LogP contribution in [0.5, 0.6) is 0 Å². The van der Waals surface area contributed by atoms with Crippen LogP contribution in [-0.2, 0) is 6.54 Å². The lowest BCUT2D eigenvalue weighted by Gasteiger charge is -2.23. The summed E-state index contributed by atoms with van der Waals surface area (Å²) in [6.07, 6.45) is 1.10. The average Bonchev–Trinajstić information content (AvgIpc) is 2.37. The van der Waals surface area contributed by atoms with Crippen molar-refractivity contribution in [1.29, 1.82) is 0 Å². The molecule has 0 aromatic heterocycles. The summed E-state index contributed by atoms with van der Waals surface area (Å²) in [5, 5.41) is 10.6. The Balaban J connectivity index is 2.75. The van der Waals surface area contributed by atoms with Gasteiger partial charge in [0.1, 0.15) is 0 Å². The molecule has 1 unspecified atom stereocenters. The molecule has 0 radical (unpaired) electrons. The average molecular weight is 268 g/mol. The van der Waals surface area contributed by atoms with Gasteiger partial charge < -0.3 is 0 Å². The fourth-order valence-corrected chi connectivity index (χ4v) is 1.93. The molecule has 0 fully saturated rings. The third-order valence-electron chi connectivity index (χ3n) is 3.33. The Hall–Kier alpha value is -1.49. The van der Waals surface area contributed by atoms with Crippen molar-refractivity contribution in [2.75, 3.05) is 13.1 Å². The van der Waals surface area contributed by atoms with Gasteiger partial charge in [-0.3, -0.25) is 15.0 Å². The summed E-state index contributed by atoms with van der Waals surface area (Å²) in [7, 11) is 0. The van der Waals surface area contributed by atoms with E-state index in [9.17, 15) is 14.5 Å². The van der Waals surface area contributed by atoms with Gasteiger partial charge in [-0.1, -0.05) is 33.3 Å². The van der Waals surface area contributed by atoms with E-state index in [1.165, 1.54) is 12.1 Å². The SMILES string of the molecule is CCC(C)CN(CC)Cc1ccc([N+](=O)[O-])c(F)c1. The number of nitro groups is 1. The summed E-state index contributed by atoms with van der Waals surface area (Å²) in [6, 6.07) is 4.12. The molecule has 1 rings (SSSR count). The van der Waals surface area contributed by atoms with Crippen molar-refractivity contribution in [3.8, 4) is 0 Å². The fourth-order valence-electron chi connectivity index (χ4n) is 1.93. The predicted octanol–water partition coefficient (Wildman–Crippen LogP) is 3.60. The standard InChI is InChI=1S/C14H21FN2O2/c1-4-11(3)9-16(5-2)10-12-6-7-14(17(18)19)13(15)8-12/h6-8,11H,4-5,9-10H2,1-3H3. The second kappa shape index (κ2) is 7.19. The highest BCUT2D eigenvalue weighted by Gasteiger charge is 2.15. The van der Waals surface area contributed by atoms with Gasteiger partial charge in [0.15, 0.2) is 0 Å². The van der Waals surface area contributed by atoms with Crippen LogP contribution in [0.4, 0.5) is 10.1 Å². The number of rotatable bonds is 7. The van der Waals surface area contributed by atoms with Gasteiger partial charge in [-0.25, -0.2) is 0 Å². The van der Waals surface area contributed by atoms with Crippen LogP contribution < -0.4 is 0 Å². The van der Waals surface area contributed by atoms with E-state index in [0.717, 1.165) is 25.1 Å². The van der Waals surface area contributed by atoms with E-state index in [-0.39, 0.29) is 0 Å². The minimum atomic E-state index is -0.762. The minimum absolute atomic E-state index is 0.464. The van der Waals surface area contributed by atoms with Crippen LogP contribution in [0.1, 0.15) is 32.8 Å². The first-order valence-electron chi connectivity index (χ1n) is 6.63. The Morgan fingerprint density at radius 2 is 2.11 bits per heavy atom. The normalized spacial score (nSPS) is 12.7. The first-order chi connectivity index (χ1) is 8.97. The van der Waals surface area contributed by atoms with E-state index in [1.807, 2.05) is 0 Å². The van der Waals surface area contributed by atoms with Crippen molar-refractivity contribution in [2.24, 2.45) is 5.92 Å². The quantitative estimate of drug-likeness (QED) is 0.560. The maximum atomic E-state index is 13.5. The highest BCUT2D eigenvalue weighted by molar-refractivity contribution is 5.34. The van der Waals surface area contributed by atoms with Gasteiger partial charge in [0.25, 0.3) is 0 Å². The van der Waals surface area contributed by atoms with Crippen molar-refractivity contribution >= 4 is 5.69 Å². The highest BCUT2D eigenvalue weighted by Crippen LogP contribution is 2.19. The van der Waals surface area contributed by atoms with E-state index < -0.39 is 16.4 Å². The molecule has 0 heterocycles. The van der Waals surface area contributed by atoms with Crippen molar-refractivity contribution < 1.29 is 9.31 Å². The molecule has 0 spiro atoms. The molecule has 0 saturated heterocycles. The molecule has 0 aliphatic carbocycles. The Labute approximate surface area is 113 Å². The summed E-state index contributed by atoms with van der Waals surface area (Å²) in [4.78, 5) is 12.1. The molecular formula is C14H21FN2O2. The number of hydrogen-bond donors (Lipinski definition) is 0. The molecule has 0 bridgehead atoms. The number of nitrogens with zero attached hydrogens (tertiary/aromatic N) is 2. The van der Waals surface area contributed by atoms with Crippen molar-refractivity contribution in [2.45, 2.75) is 33.7 Å². The molecule has 5 heteroatoms. The molecule has 106 valence electrons. The van der Waals surface area contributed by atoms with Crippen LogP contribution in [0.3, 0.4) is 0 Å². The third kappa shape index (κ3) is 4.59. The summed E-state index contributed by atoms with van der Waals surface area (Å²) in [6.45, 7) is 8.83. The highest BCUT2D eigenvalue weighted by atomic mass is 19.1. The lowest BCUT2D eigenvalue weighted by Crippen LogP contribution is -2.27. The zero-order chi connectivity index (χ0) is 14.4. The van der Waals surface area contributed by atoms with E-state index >= 15 is 0 Å². The Kier molecular flexibility index (Phi) is 5.89. The molecule has 4 nitrogen and oxygen atoms in total. The summed E-state index contributed by atoms with van der Waals surface area (Å²) < 4.78 is 13.5. The van der Waals surface area contributed by atoms with Crippen LogP contribution in [0.15, 0.2) is 18.2 Å². The molecular weight excluding hydrogens is 247 g/mol. The summed E-state index contributed by atoms with van der Waals surface area (Å²) in [5.41, 5.74) is 0.307. The largest absolute Gasteiger partial charge is 0.304 e. The second-order valence-electron chi connectivity index (χ2n) is 4.88. The summed E-state index contributed by atoms with van der Waals surface area (Å²) in [5.74, 6) is -0.176. The smallest absolute Gasteiger partial charge is 0.299 e. The molecule has 0 amide bonds. The third-order valence-corrected chi connectivity index (χ3v) is 3.33. The van der Waals surface area contributed by atoms with Gasteiger partial charge in [0, 0.05) is 19.2 Å². The molecule has 19 heavy (non-hydrogen) atoms. The molecule has 1 atom stereocenters. The zero-order valence-corrected chi connectivity index (χ0v) is 11.7. The first-order valence-corrected chi connectivity index (χ1v) is 6.63. The van der Waals surface area contributed by atoms with E-state index in [0.29, 0.717) is 12.5 Å². The molecule has 0 N–H and O–H groups in total. The Bertz CT molecular complexity index is 437. The van der Waals surface area contributed by atoms with Gasteiger partial charge in [-0.05, 0) is 24.1 Å². The van der Waals surface area contributed by atoms with Crippen LogP contribution in [-0.4, -0.2) is 22.9 Å². The molecule has 1 aromatic carbocycles. The van der Waals surface area contributed by atoms with Gasteiger partial charge in [0.2, 0.25) is 5.82 Å². The topological polar surface area (TPSA) is 46.4 Å². The lowest BCUT2D eigenvalue weighted by atomic mass is 10.1. The molecule has 0 aliphatic rings. The number of benzene rings is 1. The Morgan fingerprint density at radius 3 is 2.58 bits per heavy atom. The van der Waals surface area contributed by atoms with Gasteiger partial charge in [-0.2, -0.15) is 4.39 Å². The van der Waals surface area contributed by atoms with Crippen LogP contribution >= 0.6 is 0 Å². The van der Waals surface area contributed by atoms with Crippen LogP contribution in [0.25, 0.3) is 0 Å². The monoisotopic (exact) mass is 268 g/mol. The first kappa shape index (κ1) is 15.6. The molecule has 0 saturated carbocycles. The van der Waals surface area contributed by atoms with Crippen molar-refractivity contribution in [1.82, 2.24) is 4.90 Å². The predicted molar refractivity (Wildman–Crippen MR) is 73.5 cm³/mol. The van der Waals surface area contributed by atoms with Crippen LogP contribution in [0.2, 0.25) is 0 Å². The van der Waals surface area contributed by atoms with Crippen LogP contribution in [0, 0.1) is 21.8 Å². The molecule has 0 aliphatic heterocycles. The fraction of sp³-hybridized carbons (Fsp3) is 0.571. The van der Waals surface area contributed by atoms with Gasteiger partial charge >= 0.3 is 5.69 Å². The van der Waals surface area contributed by atoms with E-state index in [4.69, 9.17) is 0 Å². The van der Waals surface area contributed by atoms with E-state index in [2.05, 4.69) is 25.7 Å². The van der Waals surface area contributed by atoms with Crippen molar-refractivity contribution in [3.63, 3.8) is 0 Å². The lowest BCUT2D eigenvalue weighted by molar-refractivity contribution is -0.387. The number of hydrogen-bond acceptors (Lipinski definition) is 3. The maximum Gasteiger partial charge on any atom is 0.304 e. The van der Waals surface area contributed by atoms with Gasteiger partial charge in [0.05, 0.1) is 4.92 Å². The van der Waals surface area contributed by atoms with Crippen molar-refractivity contribution in [3.05, 3.63) is 39.7 Å². The van der Waals surface area contributed by atoms with E-state index in [1.54, 1.807) is 6.07 Å². The minimum Gasteiger partial charge on any atom is -0.299 e. The Morgan fingerprint density at radius 1 is 1.42 bits per heavy atom. The number of nitro benzene ring substituents is 1. The zero-order valence-electron chi connectivity index (χ0n) is 11.7. The number of halogens is 1. The molecule has 1 aromatic rings. The van der Waals surface area contributed by atoms with Gasteiger partial charge in [-0.15, -0.1) is 0 Å².